The highest BCUT2D eigenvalue weighted by Crippen LogP contribution is 2.21. The Morgan fingerprint density at radius 3 is 2.89 bits per heavy atom. The van der Waals surface area contributed by atoms with E-state index in [4.69, 9.17) is 10.5 Å². The van der Waals surface area contributed by atoms with Gasteiger partial charge in [-0.3, -0.25) is 4.79 Å². The number of aromatic nitrogens is 2. The highest BCUT2D eigenvalue weighted by Gasteiger charge is 2.08. The number of ether oxygens (including phenoxy) is 1. The first kappa shape index (κ1) is 12.3. The molecule has 1 aromatic heterocycles. The molecule has 0 fully saturated rings. The lowest BCUT2D eigenvalue weighted by Crippen LogP contribution is -2.20. The highest BCUT2D eigenvalue weighted by molar-refractivity contribution is 5.35. The van der Waals surface area contributed by atoms with Gasteiger partial charge in [-0.25, -0.2) is 4.98 Å². The zero-order valence-corrected chi connectivity index (χ0v) is 10.2. The molecule has 0 aliphatic carbocycles. The SMILES string of the molecule is CCn1ccnc(Oc2ccccc2CN)c1=O. The Hall–Kier alpha value is -2.14. The molecule has 0 spiro atoms. The number of hydrogen-bond donors (Lipinski definition) is 1. The van der Waals surface area contributed by atoms with Gasteiger partial charge >= 0.3 is 5.56 Å². The second kappa shape index (κ2) is 5.46. The van der Waals surface area contributed by atoms with E-state index in [1.54, 1.807) is 18.5 Å². The van der Waals surface area contributed by atoms with Crippen LogP contribution in [0.15, 0.2) is 41.5 Å². The summed E-state index contributed by atoms with van der Waals surface area (Å²) in [7, 11) is 0. The predicted octanol–water partition coefficient (Wildman–Crippen LogP) is 1.51. The minimum Gasteiger partial charge on any atom is -0.434 e. The molecule has 0 saturated heterocycles. The molecule has 0 amide bonds. The maximum atomic E-state index is 11.9. The van der Waals surface area contributed by atoms with E-state index in [1.807, 2.05) is 25.1 Å². The van der Waals surface area contributed by atoms with Gasteiger partial charge in [-0.05, 0) is 13.0 Å². The third kappa shape index (κ3) is 2.41. The molecule has 18 heavy (non-hydrogen) atoms. The highest BCUT2D eigenvalue weighted by atomic mass is 16.5. The Morgan fingerprint density at radius 2 is 2.17 bits per heavy atom. The number of nitrogens with two attached hydrogens (primary N) is 1. The van der Waals surface area contributed by atoms with Crippen LogP contribution in [0.1, 0.15) is 12.5 Å². The molecule has 0 saturated carbocycles. The molecule has 0 radical (unpaired) electrons. The molecule has 1 aromatic carbocycles. The summed E-state index contributed by atoms with van der Waals surface area (Å²) in [6.07, 6.45) is 3.18. The maximum Gasteiger partial charge on any atom is 0.313 e. The van der Waals surface area contributed by atoms with Crippen LogP contribution in [0, 0.1) is 0 Å². The summed E-state index contributed by atoms with van der Waals surface area (Å²) in [5.41, 5.74) is 6.21. The van der Waals surface area contributed by atoms with E-state index < -0.39 is 0 Å². The third-order valence-corrected chi connectivity index (χ3v) is 2.62. The van der Waals surface area contributed by atoms with Crippen LogP contribution in [0.2, 0.25) is 0 Å². The van der Waals surface area contributed by atoms with E-state index in [1.165, 1.54) is 4.57 Å². The fraction of sp³-hybridized carbons (Fsp3) is 0.231. The fourth-order valence-electron chi connectivity index (χ4n) is 1.62. The van der Waals surface area contributed by atoms with E-state index in [2.05, 4.69) is 4.98 Å². The zero-order valence-electron chi connectivity index (χ0n) is 10.2. The Labute approximate surface area is 105 Å². The van der Waals surface area contributed by atoms with Crippen molar-refractivity contribution in [1.29, 1.82) is 0 Å². The van der Waals surface area contributed by atoms with Gasteiger partial charge in [0.25, 0.3) is 5.88 Å². The number of para-hydroxylation sites is 1. The Morgan fingerprint density at radius 1 is 1.39 bits per heavy atom. The van der Waals surface area contributed by atoms with Crippen LogP contribution in [0.3, 0.4) is 0 Å². The van der Waals surface area contributed by atoms with Crippen LogP contribution < -0.4 is 16.0 Å². The van der Waals surface area contributed by atoms with Crippen LogP contribution in [0.25, 0.3) is 0 Å². The van der Waals surface area contributed by atoms with Crippen LogP contribution in [-0.2, 0) is 13.1 Å². The van der Waals surface area contributed by atoms with E-state index in [0.717, 1.165) is 5.56 Å². The standard InChI is InChI=1S/C13H15N3O2/c1-2-16-8-7-15-12(13(16)17)18-11-6-4-3-5-10(11)9-14/h3-8H,2,9,14H2,1H3. The largest absolute Gasteiger partial charge is 0.434 e. The van der Waals surface area contributed by atoms with Crippen molar-refractivity contribution < 1.29 is 4.74 Å². The molecule has 5 nitrogen and oxygen atoms in total. The molecule has 0 unspecified atom stereocenters. The number of benzene rings is 1. The first-order valence-corrected chi connectivity index (χ1v) is 5.77. The molecule has 1 heterocycles. The van der Waals surface area contributed by atoms with Crippen LogP contribution in [0.4, 0.5) is 0 Å². The summed E-state index contributed by atoms with van der Waals surface area (Å²) in [5, 5.41) is 0. The quantitative estimate of drug-likeness (QED) is 0.886. The molecular weight excluding hydrogens is 230 g/mol. The van der Waals surface area contributed by atoms with Gasteiger partial charge in [-0.2, -0.15) is 0 Å². The van der Waals surface area contributed by atoms with Crippen molar-refractivity contribution in [2.75, 3.05) is 0 Å². The monoisotopic (exact) mass is 245 g/mol. The summed E-state index contributed by atoms with van der Waals surface area (Å²) >= 11 is 0. The number of nitrogens with zero attached hydrogens (tertiary/aromatic N) is 2. The second-order valence-electron chi connectivity index (χ2n) is 3.74. The molecule has 0 aliphatic heterocycles. The normalized spacial score (nSPS) is 10.3. The molecule has 2 rings (SSSR count). The van der Waals surface area contributed by atoms with Gasteiger partial charge in [0, 0.05) is 31.0 Å². The minimum atomic E-state index is -0.244. The number of aryl methyl sites for hydroxylation is 1. The zero-order chi connectivity index (χ0) is 13.0. The first-order valence-electron chi connectivity index (χ1n) is 5.77. The van der Waals surface area contributed by atoms with Crippen molar-refractivity contribution in [2.24, 2.45) is 5.73 Å². The fourth-order valence-corrected chi connectivity index (χ4v) is 1.62. The Bertz CT molecular complexity index is 593. The lowest BCUT2D eigenvalue weighted by Gasteiger charge is -2.09. The average Bonchev–Trinajstić information content (AvgIpc) is 2.42. The van der Waals surface area contributed by atoms with Gasteiger partial charge < -0.3 is 15.0 Å². The van der Waals surface area contributed by atoms with Crippen molar-refractivity contribution in [3.63, 3.8) is 0 Å². The summed E-state index contributed by atoms with van der Waals surface area (Å²) < 4.78 is 7.08. The van der Waals surface area contributed by atoms with Gasteiger partial charge in [0.15, 0.2) is 0 Å². The lowest BCUT2D eigenvalue weighted by atomic mass is 10.2. The minimum absolute atomic E-state index is 0.0697. The van der Waals surface area contributed by atoms with E-state index >= 15 is 0 Å². The number of hydrogen-bond acceptors (Lipinski definition) is 4. The third-order valence-electron chi connectivity index (χ3n) is 2.62. The van der Waals surface area contributed by atoms with Gasteiger partial charge in [-0.15, -0.1) is 0 Å². The van der Waals surface area contributed by atoms with Gasteiger partial charge in [-0.1, -0.05) is 18.2 Å². The Kier molecular flexibility index (Phi) is 3.74. The number of rotatable bonds is 4. The summed E-state index contributed by atoms with van der Waals surface area (Å²) in [5.74, 6) is 0.638. The summed E-state index contributed by atoms with van der Waals surface area (Å²) in [6.45, 7) is 2.82. The topological polar surface area (TPSA) is 70.1 Å². The molecule has 94 valence electrons. The molecule has 2 aromatic rings. The van der Waals surface area contributed by atoms with Crippen LogP contribution in [-0.4, -0.2) is 9.55 Å². The van der Waals surface area contributed by atoms with E-state index in [-0.39, 0.29) is 11.4 Å². The second-order valence-corrected chi connectivity index (χ2v) is 3.74. The molecule has 0 bridgehead atoms. The van der Waals surface area contributed by atoms with Crippen molar-refractivity contribution in [1.82, 2.24) is 9.55 Å². The van der Waals surface area contributed by atoms with Gasteiger partial charge in [0.05, 0.1) is 0 Å². The van der Waals surface area contributed by atoms with Gasteiger partial charge in [0.2, 0.25) is 0 Å². The smallest absolute Gasteiger partial charge is 0.313 e. The molecule has 0 aliphatic rings. The lowest BCUT2D eigenvalue weighted by molar-refractivity contribution is 0.440. The molecular formula is C13H15N3O2. The summed E-state index contributed by atoms with van der Waals surface area (Å²) in [4.78, 5) is 15.9. The first-order chi connectivity index (χ1) is 8.76. The van der Waals surface area contributed by atoms with E-state index in [9.17, 15) is 4.79 Å². The van der Waals surface area contributed by atoms with Gasteiger partial charge in [0.1, 0.15) is 5.75 Å². The maximum absolute atomic E-state index is 11.9. The van der Waals surface area contributed by atoms with Crippen molar-refractivity contribution in [3.8, 4) is 11.6 Å². The van der Waals surface area contributed by atoms with Crippen molar-refractivity contribution in [2.45, 2.75) is 20.0 Å². The average molecular weight is 245 g/mol. The summed E-state index contributed by atoms with van der Waals surface area (Å²) in [6, 6.07) is 7.33. The van der Waals surface area contributed by atoms with Crippen LogP contribution >= 0.6 is 0 Å². The Balaban J connectivity index is 2.37. The van der Waals surface area contributed by atoms with Crippen molar-refractivity contribution >= 4 is 0 Å². The van der Waals surface area contributed by atoms with Crippen molar-refractivity contribution in [3.05, 3.63) is 52.6 Å². The molecule has 2 N–H and O–H groups in total. The van der Waals surface area contributed by atoms with Crippen LogP contribution in [0.5, 0.6) is 11.6 Å². The molecule has 5 heteroatoms. The molecule has 0 atom stereocenters. The predicted molar refractivity (Wildman–Crippen MR) is 68.6 cm³/mol. The van der Waals surface area contributed by atoms with E-state index in [0.29, 0.717) is 18.8 Å².